The third kappa shape index (κ3) is 5.70. The van der Waals surface area contributed by atoms with E-state index in [4.69, 9.17) is 4.74 Å². The Balaban J connectivity index is 1.56. The van der Waals surface area contributed by atoms with Gasteiger partial charge in [-0.2, -0.15) is 13.2 Å². The van der Waals surface area contributed by atoms with Crippen LogP contribution < -0.4 is 4.74 Å². The Kier molecular flexibility index (Phi) is 6.65. The minimum Gasteiger partial charge on any atom is -0.468 e. The first-order chi connectivity index (χ1) is 15.8. The largest absolute Gasteiger partial charge is 0.468 e. The number of hydrogen-bond donors (Lipinski definition) is 0. The van der Waals surface area contributed by atoms with Crippen LogP contribution >= 0.6 is 11.3 Å². The maximum Gasteiger partial charge on any atom is 0.422 e. The molecule has 0 aliphatic heterocycles. The minimum atomic E-state index is -4.40. The normalized spacial score (nSPS) is 11.5. The number of rotatable bonds is 7. The number of hydrogen-bond acceptors (Lipinski definition) is 5. The number of carbonyl (C=O) groups excluding carboxylic acids is 1. The molecule has 4 rings (SSSR count). The first kappa shape index (κ1) is 22.8. The van der Waals surface area contributed by atoms with Crippen LogP contribution in [0.1, 0.15) is 27.7 Å². The van der Waals surface area contributed by atoms with E-state index in [2.05, 4.69) is 15.8 Å². The molecule has 0 aliphatic carbocycles. The molecule has 0 saturated carbocycles. The number of esters is 1. The van der Waals surface area contributed by atoms with Gasteiger partial charge in [-0.15, -0.1) is 11.3 Å². The lowest BCUT2D eigenvalue weighted by Crippen LogP contribution is -2.19. The van der Waals surface area contributed by atoms with Crippen molar-refractivity contribution in [3.05, 3.63) is 82.9 Å². The maximum atomic E-state index is 12.3. The number of halogens is 3. The summed E-state index contributed by atoms with van der Waals surface area (Å²) in [7, 11) is 0. The van der Waals surface area contributed by atoms with Gasteiger partial charge in [0.15, 0.2) is 6.61 Å². The molecule has 8 heteroatoms. The molecule has 0 amide bonds. The van der Waals surface area contributed by atoms with Gasteiger partial charge in [-0.3, -0.25) is 0 Å². The lowest BCUT2D eigenvalue weighted by atomic mass is 10.0. The number of ether oxygens (including phenoxy) is 2. The maximum absolute atomic E-state index is 12.3. The molecule has 0 N–H and O–H groups in total. The van der Waals surface area contributed by atoms with Crippen LogP contribution in [0.15, 0.2) is 66.9 Å². The molecule has 0 unspecified atom stereocenters. The Morgan fingerprint density at radius 1 is 1.06 bits per heavy atom. The standard InChI is InChI=1S/C25H20F3NO3S/c1-2-31-24(30)19-7-3-5-17(12-19)21-8-4-6-18-13-20(33-23(18)21)11-16-9-10-22(29-14-16)32-15-25(26,27)28/h3-10,12-14H,2,11,15H2,1H3. The van der Waals surface area contributed by atoms with Gasteiger partial charge in [0.2, 0.25) is 5.88 Å². The number of thiophene rings is 1. The van der Waals surface area contributed by atoms with Gasteiger partial charge in [-0.05, 0) is 47.2 Å². The predicted octanol–water partition coefficient (Wildman–Crippen LogP) is 6.67. The minimum absolute atomic E-state index is 0.0591. The van der Waals surface area contributed by atoms with Gasteiger partial charge in [0.05, 0.1) is 12.2 Å². The fraction of sp³-hybridized carbons (Fsp3) is 0.200. The molecular weight excluding hydrogens is 451 g/mol. The Morgan fingerprint density at radius 2 is 1.88 bits per heavy atom. The van der Waals surface area contributed by atoms with E-state index in [0.717, 1.165) is 31.7 Å². The zero-order valence-corrected chi connectivity index (χ0v) is 18.5. The van der Waals surface area contributed by atoms with Crippen LogP contribution in [0.25, 0.3) is 21.2 Å². The highest BCUT2D eigenvalue weighted by atomic mass is 32.1. The monoisotopic (exact) mass is 471 g/mol. The number of carbonyl (C=O) groups is 1. The molecule has 33 heavy (non-hydrogen) atoms. The van der Waals surface area contributed by atoms with E-state index < -0.39 is 12.8 Å². The molecule has 4 aromatic rings. The smallest absolute Gasteiger partial charge is 0.422 e. The summed E-state index contributed by atoms with van der Waals surface area (Å²) in [6.45, 7) is 0.724. The molecule has 0 radical (unpaired) electrons. The van der Waals surface area contributed by atoms with E-state index in [1.54, 1.807) is 30.4 Å². The van der Waals surface area contributed by atoms with Gasteiger partial charge in [0.1, 0.15) is 0 Å². The van der Waals surface area contributed by atoms with Gasteiger partial charge in [-0.1, -0.05) is 36.4 Å². The average molecular weight is 472 g/mol. The molecule has 2 aromatic heterocycles. The number of benzene rings is 2. The molecule has 0 fully saturated rings. The molecule has 0 spiro atoms. The van der Waals surface area contributed by atoms with Crippen molar-refractivity contribution < 1.29 is 27.4 Å². The number of nitrogens with zero attached hydrogens (tertiary/aromatic N) is 1. The summed E-state index contributed by atoms with van der Waals surface area (Å²) in [5.41, 5.74) is 3.31. The summed E-state index contributed by atoms with van der Waals surface area (Å²) in [4.78, 5) is 17.2. The van der Waals surface area contributed by atoms with Crippen LogP contribution in [-0.4, -0.2) is 30.3 Å². The van der Waals surface area contributed by atoms with E-state index in [9.17, 15) is 18.0 Å². The summed E-state index contributed by atoms with van der Waals surface area (Å²) < 4.78 is 47.7. The zero-order chi connectivity index (χ0) is 23.4. The SMILES string of the molecule is CCOC(=O)c1cccc(-c2cccc3cc(Cc4ccc(OCC(F)(F)F)nc4)sc23)c1. The average Bonchev–Trinajstić information content (AvgIpc) is 3.21. The van der Waals surface area contributed by atoms with Gasteiger partial charge in [0, 0.05) is 28.3 Å². The highest BCUT2D eigenvalue weighted by Gasteiger charge is 2.28. The number of pyridine rings is 1. The van der Waals surface area contributed by atoms with Crippen molar-refractivity contribution >= 4 is 27.4 Å². The molecule has 170 valence electrons. The molecule has 0 atom stereocenters. The molecule has 0 saturated heterocycles. The van der Waals surface area contributed by atoms with E-state index in [1.807, 2.05) is 36.4 Å². The number of alkyl halides is 3. The molecule has 2 heterocycles. The van der Waals surface area contributed by atoms with Crippen molar-refractivity contribution in [3.63, 3.8) is 0 Å². The molecular formula is C25H20F3NO3S. The molecule has 4 nitrogen and oxygen atoms in total. The third-order valence-corrected chi connectivity index (χ3v) is 6.02. The fourth-order valence-corrected chi connectivity index (χ4v) is 4.64. The van der Waals surface area contributed by atoms with Crippen molar-refractivity contribution in [1.29, 1.82) is 0 Å². The first-order valence-electron chi connectivity index (χ1n) is 10.3. The van der Waals surface area contributed by atoms with E-state index in [-0.39, 0.29) is 11.8 Å². The van der Waals surface area contributed by atoms with Crippen LogP contribution in [0.4, 0.5) is 13.2 Å². The summed E-state index contributed by atoms with van der Waals surface area (Å²) in [6, 6.07) is 18.6. The third-order valence-electron chi connectivity index (χ3n) is 4.84. The van der Waals surface area contributed by atoms with Crippen molar-refractivity contribution in [2.45, 2.75) is 19.5 Å². The fourth-order valence-electron chi connectivity index (χ4n) is 3.42. The van der Waals surface area contributed by atoms with E-state index in [0.29, 0.717) is 18.6 Å². The highest BCUT2D eigenvalue weighted by Crippen LogP contribution is 2.36. The zero-order valence-electron chi connectivity index (χ0n) is 17.7. The summed E-state index contributed by atoms with van der Waals surface area (Å²) in [5, 5.41) is 1.08. The second-order valence-electron chi connectivity index (χ2n) is 7.32. The van der Waals surface area contributed by atoms with Gasteiger partial charge >= 0.3 is 12.1 Å². The lowest BCUT2D eigenvalue weighted by molar-refractivity contribution is -0.154. The Bertz CT molecular complexity index is 1270. The van der Waals surface area contributed by atoms with E-state index in [1.165, 1.54) is 12.3 Å². The number of fused-ring (bicyclic) bond motifs is 1. The van der Waals surface area contributed by atoms with Crippen LogP contribution in [-0.2, 0) is 11.2 Å². The van der Waals surface area contributed by atoms with E-state index >= 15 is 0 Å². The van der Waals surface area contributed by atoms with Crippen LogP contribution in [0, 0.1) is 0 Å². The van der Waals surface area contributed by atoms with Gasteiger partial charge < -0.3 is 9.47 Å². The van der Waals surface area contributed by atoms with Crippen molar-refractivity contribution in [3.8, 4) is 17.0 Å². The Hall–Kier alpha value is -3.39. The predicted molar refractivity (Wildman–Crippen MR) is 122 cm³/mol. The second kappa shape index (κ2) is 9.62. The second-order valence-corrected chi connectivity index (χ2v) is 8.46. The van der Waals surface area contributed by atoms with Crippen LogP contribution in [0.3, 0.4) is 0 Å². The quantitative estimate of drug-likeness (QED) is 0.283. The van der Waals surface area contributed by atoms with Crippen molar-refractivity contribution in [2.75, 3.05) is 13.2 Å². The summed E-state index contributed by atoms with van der Waals surface area (Å²) in [5.74, 6) is -0.412. The topological polar surface area (TPSA) is 48.4 Å². The van der Waals surface area contributed by atoms with Crippen molar-refractivity contribution in [2.24, 2.45) is 0 Å². The molecule has 0 bridgehead atoms. The van der Waals surface area contributed by atoms with Gasteiger partial charge in [0.25, 0.3) is 0 Å². The first-order valence-corrected chi connectivity index (χ1v) is 11.1. The van der Waals surface area contributed by atoms with Crippen molar-refractivity contribution in [1.82, 2.24) is 4.98 Å². The van der Waals surface area contributed by atoms with Crippen LogP contribution in [0.5, 0.6) is 5.88 Å². The highest BCUT2D eigenvalue weighted by molar-refractivity contribution is 7.19. The summed E-state index contributed by atoms with van der Waals surface area (Å²) in [6.07, 6.45) is -2.28. The van der Waals surface area contributed by atoms with Gasteiger partial charge in [-0.25, -0.2) is 9.78 Å². The Morgan fingerprint density at radius 3 is 2.61 bits per heavy atom. The number of aromatic nitrogens is 1. The summed E-state index contributed by atoms with van der Waals surface area (Å²) >= 11 is 1.63. The van der Waals surface area contributed by atoms with Crippen LogP contribution in [0.2, 0.25) is 0 Å². The Labute approximate surface area is 192 Å². The lowest BCUT2D eigenvalue weighted by Gasteiger charge is -2.08. The molecule has 0 aliphatic rings. The molecule has 2 aromatic carbocycles.